The molecule has 0 saturated heterocycles. The fraction of sp³-hybridized carbons (Fsp3) is 0.167. The molecule has 3 rings (SSSR count). The normalized spacial score (nSPS) is 12.3. The molecule has 0 radical (unpaired) electrons. The van der Waals surface area contributed by atoms with E-state index in [0.29, 0.717) is 18.2 Å². The van der Waals surface area contributed by atoms with Gasteiger partial charge in [-0.25, -0.2) is 4.98 Å². The molecular weight excluding hydrogens is 331 g/mol. The van der Waals surface area contributed by atoms with E-state index in [9.17, 15) is 0 Å². The monoisotopic (exact) mass is 346 g/mol. The SMILES string of the molecule is Clc1ccc(COC(Cn2ccnc2)c2ccc(Cl)cc2)cc1. The first kappa shape index (κ1) is 16.1. The number of aromatic nitrogens is 2. The number of rotatable bonds is 6. The summed E-state index contributed by atoms with van der Waals surface area (Å²) < 4.78 is 8.13. The molecule has 0 aliphatic carbocycles. The Balaban J connectivity index is 1.74. The van der Waals surface area contributed by atoms with Crippen LogP contribution < -0.4 is 0 Å². The van der Waals surface area contributed by atoms with Crippen molar-refractivity contribution in [2.24, 2.45) is 0 Å². The Kier molecular flexibility index (Phi) is 5.34. The van der Waals surface area contributed by atoms with Crippen LogP contribution in [0.15, 0.2) is 67.3 Å². The van der Waals surface area contributed by atoms with Crippen molar-refractivity contribution >= 4 is 23.2 Å². The summed E-state index contributed by atoms with van der Waals surface area (Å²) in [5.41, 5.74) is 2.16. The van der Waals surface area contributed by atoms with Crippen LogP contribution >= 0.6 is 23.2 Å². The molecule has 0 N–H and O–H groups in total. The van der Waals surface area contributed by atoms with Crippen LogP contribution in [0.1, 0.15) is 17.2 Å². The predicted octanol–water partition coefficient (Wildman–Crippen LogP) is 5.15. The zero-order valence-corrected chi connectivity index (χ0v) is 13.9. The van der Waals surface area contributed by atoms with Gasteiger partial charge in [-0.1, -0.05) is 47.5 Å². The summed E-state index contributed by atoms with van der Waals surface area (Å²) in [6.45, 7) is 1.20. The fourth-order valence-corrected chi connectivity index (χ4v) is 2.55. The van der Waals surface area contributed by atoms with Gasteiger partial charge >= 0.3 is 0 Å². The second-order valence-electron chi connectivity index (χ2n) is 5.24. The number of imidazole rings is 1. The molecule has 1 aromatic heterocycles. The van der Waals surface area contributed by atoms with Crippen molar-refractivity contribution in [3.8, 4) is 0 Å². The van der Waals surface area contributed by atoms with E-state index in [-0.39, 0.29) is 6.10 Å². The van der Waals surface area contributed by atoms with E-state index in [0.717, 1.165) is 16.1 Å². The lowest BCUT2D eigenvalue weighted by atomic mass is 10.1. The van der Waals surface area contributed by atoms with Crippen LogP contribution in [-0.2, 0) is 17.9 Å². The zero-order valence-electron chi connectivity index (χ0n) is 12.4. The van der Waals surface area contributed by atoms with Gasteiger partial charge in [-0.2, -0.15) is 0 Å². The Bertz CT molecular complexity index is 725. The lowest BCUT2D eigenvalue weighted by Crippen LogP contribution is -2.12. The molecule has 0 aliphatic rings. The van der Waals surface area contributed by atoms with E-state index in [1.54, 1.807) is 12.5 Å². The van der Waals surface area contributed by atoms with Crippen LogP contribution in [0.5, 0.6) is 0 Å². The molecule has 0 bridgehead atoms. The molecule has 118 valence electrons. The van der Waals surface area contributed by atoms with Crippen molar-refractivity contribution in [2.45, 2.75) is 19.3 Å². The minimum absolute atomic E-state index is 0.0860. The lowest BCUT2D eigenvalue weighted by molar-refractivity contribution is 0.0280. The van der Waals surface area contributed by atoms with Crippen molar-refractivity contribution < 1.29 is 4.74 Å². The lowest BCUT2D eigenvalue weighted by Gasteiger charge is -2.19. The minimum atomic E-state index is -0.0860. The highest BCUT2D eigenvalue weighted by Gasteiger charge is 2.13. The van der Waals surface area contributed by atoms with Crippen LogP contribution in [0.4, 0.5) is 0 Å². The molecule has 2 aromatic carbocycles. The maximum Gasteiger partial charge on any atom is 0.101 e. The van der Waals surface area contributed by atoms with Crippen molar-refractivity contribution in [1.82, 2.24) is 9.55 Å². The smallest absolute Gasteiger partial charge is 0.101 e. The Labute approximate surface area is 145 Å². The van der Waals surface area contributed by atoms with E-state index >= 15 is 0 Å². The van der Waals surface area contributed by atoms with E-state index < -0.39 is 0 Å². The Morgan fingerprint density at radius 2 is 1.61 bits per heavy atom. The summed E-state index contributed by atoms with van der Waals surface area (Å²) in [5.74, 6) is 0. The molecule has 23 heavy (non-hydrogen) atoms. The molecular formula is C18H16Cl2N2O. The minimum Gasteiger partial charge on any atom is -0.367 e. The maximum atomic E-state index is 6.13. The molecule has 1 heterocycles. The highest BCUT2D eigenvalue weighted by molar-refractivity contribution is 6.30. The van der Waals surface area contributed by atoms with E-state index in [1.165, 1.54) is 0 Å². The van der Waals surface area contributed by atoms with Gasteiger partial charge in [0.1, 0.15) is 6.10 Å². The number of hydrogen-bond donors (Lipinski definition) is 0. The summed E-state index contributed by atoms with van der Waals surface area (Å²) in [7, 11) is 0. The third-order valence-corrected chi connectivity index (χ3v) is 4.05. The largest absolute Gasteiger partial charge is 0.367 e. The average molecular weight is 347 g/mol. The van der Waals surface area contributed by atoms with Gasteiger partial charge in [0.25, 0.3) is 0 Å². The number of ether oxygens (including phenoxy) is 1. The van der Waals surface area contributed by atoms with Crippen molar-refractivity contribution in [2.75, 3.05) is 0 Å². The second kappa shape index (κ2) is 7.64. The Hall–Kier alpha value is -1.81. The van der Waals surface area contributed by atoms with E-state index in [4.69, 9.17) is 27.9 Å². The van der Waals surface area contributed by atoms with Gasteiger partial charge in [-0.3, -0.25) is 0 Å². The summed E-state index contributed by atoms with van der Waals surface area (Å²) in [6.07, 6.45) is 5.39. The quantitative estimate of drug-likeness (QED) is 0.617. The highest BCUT2D eigenvalue weighted by Crippen LogP contribution is 2.23. The fourth-order valence-electron chi connectivity index (χ4n) is 2.30. The molecule has 5 heteroatoms. The number of benzene rings is 2. The molecule has 0 amide bonds. The molecule has 0 spiro atoms. The Morgan fingerprint density at radius 3 is 2.22 bits per heavy atom. The first-order valence-electron chi connectivity index (χ1n) is 7.28. The first-order chi connectivity index (χ1) is 11.2. The maximum absolute atomic E-state index is 6.13. The average Bonchev–Trinajstić information content (AvgIpc) is 3.07. The molecule has 3 aromatic rings. The van der Waals surface area contributed by atoms with Crippen molar-refractivity contribution in [1.29, 1.82) is 0 Å². The summed E-state index contributed by atoms with van der Waals surface area (Å²) in [4.78, 5) is 4.08. The van der Waals surface area contributed by atoms with Crippen molar-refractivity contribution in [3.05, 3.63) is 88.4 Å². The van der Waals surface area contributed by atoms with E-state index in [2.05, 4.69) is 4.98 Å². The third kappa shape index (κ3) is 4.58. The van der Waals surface area contributed by atoms with Crippen LogP contribution in [0, 0.1) is 0 Å². The van der Waals surface area contributed by atoms with Gasteiger partial charge in [0.05, 0.1) is 19.5 Å². The molecule has 0 saturated carbocycles. The number of hydrogen-bond acceptors (Lipinski definition) is 2. The Morgan fingerprint density at radius 1 is 0.957 bits per heavy atom. The van der Waals surface area contributed by atoms with Gasteiger partial charge in [-0.15, -0.1) is 0 Å². The topological polar surface area (TPSA) is 27.1 Å². The third-order valence-electron chi connectivity index (χ3n) is 3.54. The number of halogens is 2. The summed E-state index contributed by atoms with van der Waals surface area (Å²) >= 11 is 11.9. The molecule has 0 fully saturated rings. The second-order valence-corrected chi connectivity index (χ2v) is 6.11. The predicted molar refractivity (Wildman–Crippen MR) is 92.7 cm³/mol. The molecule has 1 unspecified atom stereocenters. The summed E-state index contributed by atoms with van der Waals surface area (Å²) in [5, 5.41) is 1.44. The van der Waals surface area contributed by atoms with Gasteiger partial charge in [0.15, 0.2) is 0 Å². The van der Waals surface area contributed by atoms with Gasteiger partial charge in [-0.05, 0) is 35.4 Å². The standard InChI is InChI=1S/C18H16Cl2N2O/c19-16-5-1-14(2-6-16)12-23-18(11-22-10-9-21-13-22)15-3-7-17(20)8-4-15/h1-10,13,18H,11-12H2. The molecule has 1 atom stereocenters. The molecule has 0 aliphatic heterocycles. The van der Waals surface area contributed by atoms with Gasteiger partial charge in [0.2, 0.25) is 0 Å². The van der Waals surface area contributed by atoms with Crippen LogP contribution in [0.3, 0.4) is 0 Å². The highest BCUT2D eigenvalue weighted by atomic mass is 35.5. The van der Waals surface area contributed by atoms with Crippen LogP contribution in [0.2, 0.25) is 10.0 Å². The first-order valence-corrected chi connectivity index (χ1v) is 8.03. The zero-order chi connectivity index (χ0) is 16.1. The van der Waals surface area contributed by atoms with Crippen LogP contribution in [0.25, 0.3) is 0 Å². The van der Waals surface area contributed by atoms with Crippen LogP contribution in [-0.4, -0.2) is 9.55 Å². The summed E-state index contributed by atoms with van der Waals surface area (Å²) in [6, 6.07) is 15.4. The van der Waals surface area contributed by atoms with E-state index in [1.807, 2.05) is 59.3 Å². The van der Waals surface area contributed by atoms with Crippen molar-refractivity contribution in [3.63, 3.8) is 0 Å². The number of nitrogens with zero attached hydrogens (tertiary/aromatic N) is 2. The van der Waals surface area contributed by atoms with Gasteiger partial charge in [0, 0.05) is 22.4 Å². The van der Waals surface area contributed by atoms with Gasteiger partial charge < -0.3 is 9.30 Å². The molecule has 3 nitrogen and oxygen atoms in total.